The second-order valence-electron chi connectivity index (χ2n) is 5.94. The number of amides is 1. The van der Waals surface area contributed by atoms with Crippen molar-refractivity contribution in [2.45, 2.75) is 0 Å². The molecule has 2 aromatic carbocycles. The molecular formula is C19H23N3O3. The summed E-state index contributed by atoms with van der Waals surface area (Å²) in [4.78, 5) is 16.5. The number of hydrogen-bond donors (Lipinski definition) is 2. The molecule has 0 aromatic heterocycles. The Hall–Kier alpha value is -2.89. The predicted octanol–water partition coefficient (Wildman–Crippen LogP) is 2.16. The van der Waals surface area contributed by atoms with Crippen molar-refractivity contribution in [3.63, 3.8) is 0 Å². The molecule has 1 fully saturated rings. The number of benzene rings is 2. The maximum Gasteiger partial charge on any atom is 0.241 e. The summed E-state index contributed by atoms with van der Waals surface area (Å²) in [7, 11) is 1.62. The van der Waals surface area contributed by atoms with Crippen LogP contribution in [0.4, 0.5) is 11.4 Å². The molecule has 0 saturated carbocycles. The second kappa shape index (κ2) is 7.79. The number of nitrogens with one attached hydrogen (secondary N) is 1. The second-order valence-corrected chi connectivity index (χ2v) is 5.94. The molecule has 1 aliphatic heterocycles. The van der Waals surface area contributed by atoms with E-state index in [2.05, 4.69) is 10.2 Å². The summed E-state index contributed by atoms with van der Waals surface area (Å²) in [6.45, 7) is 3.19. The molecule has 2 N–H and O–H groups in total. The van der Waals surface area contributed by atoms with Gasteiger partial charge in [0.1, 0.15) is 11.5 Å². The first kappa shape index (κ1) is 17.0. The van der Waals surface area contributed by atoms with Crippen LogP contribution in [0.3, 0.4) is 0 Å². The molecule has 0 atom stereocenters. The number of phenolic OH excluding ortho intramolecular Hbond substituents is 1. The third kappa shape index (κ3) is 4.15. The number of rotatable bonds is 5. The van der Waals surface area contributed by atoms with Gasteiger partial charge in [0.2, 0.25) is 5.91 Å². The van der Waals surface area contributed by atoms with Gasteiger partial charge in [0, 0.05) is 31.9 Å². The highest BCUT2D eigenvalue weighted by molar-refractivity contribution is 5.81. The monoisotopic (exact) mass is 341 g/mol. The van der Waals surface area contributed by atoms with Crippen molar-refractivity contribution in [1.82, 2.24) is 4.90 Å². The third-order valence-corrected chi connectivity index (χ3v) is 4.38. The SMILES string of the molecule is COc1ccccc1NCC(=O)N1CCN(c2ccc(O)cc2)CC1. The van der Waals surface area contributed by atoms with Gasteiger partial charge in [-0.15, -0.1) is 0 Å². The minimum Gasteiger partial charge on any atom is -0.508 e. The fourth-order valence-electron chi connectivity index (χ4n) is 2.95. The molecule has 0 bridgehead atoms. The van der Waals surface area contributed by atoms with E-state index in [4.69, 9.17) is 4.74 Å². The number of aromatic hydroxyl groups is 1. The first-order chi connectivity index (χ1) is 12.2. The summed E-state index contributed by atoms with van der Waals surface area (Å²) >= 11 is 0. The number of phenols is 1. The minimum atomic E-state index is 0.0799. The molecular weight excluding hydrogens is 318 g/mol. The number of hydrogen-bond acceptors (Lipinski definition) is 5. The molecule has 1 aliphatic rings. The van der Waals surface area contributed by atoms with E-state index >= 15 is 0 Å². The number of ether oxygens (including phenoxy) is 1. The molecule has 2 aromatic rings. The Bertz CT molecular complexity index is 710. The van der Waals surface area contributed by atoms with Crippen LogP contribution >= 0.6 is 0 Å². The van der Waals surface area contributed by atoms with Crippen molar-refractivity contribution in [3.05, 3.63) is 48.5 Å². The summed E-state index contributed by atoms with van der Waals surface area (Å²) in [5.41, 5.74) is 1.89. The Labute approximate surface area is 147 Å². The van der Waals surface area contributed by atoms with Crippen molar-refractivity contribution < 1.29 is 14.6 Å². The van der Waals surface area contributed by atoms with E-state index in [-0.39, 0.29) is 18.2 Å². The molecule has 3 rings (SSSR count). The molecule has 0 radical (unpaired) electrons. The Morgan fingerprint density at radius 1 is 1.08 bits per heavy atom. The van der Waals surface area contributed by atoms with Crippen LogP contribution in [0.2, 0.25) is 0 Å². The van der Waals surface area contributed by atoms with Crippen LogP contribution < -0.4 is 15.0 Å². The van der Waals surface area contributed by atoms with Crippen molar-refractivity contribution in [2.24, 2.45) is 0 Å². The zero-order chi connectivity index (χ0) is 17.6. The quantitative estimate of drug-likeness (QED) is 0.872. The number of carbonyl (C=O) groups is 1. The molecule has 1 heterocycles. The van der Waals surface area contributed by atoms with E-state index in [1.807, 2.05) is 41.3 Å². The van der Waals surface area contributed by atoms with Crippen LogP contribution in [0.15, 0.2) is 48.5 Å². The van der Waals surface area contributed by atoms with E-state index in [1.54, 1.807) is 19.2 Å². The van der Waals surface area contributed by atoms with Crippen molar-refractivity contribution in [3.8, 4) is 11.5 Å². The summed E-state index contributed by atoms with van der Waals surface area (Å²) < 4.78 is 5.28. The van der Waals surface area contributed by atoms with Gasteiger partial charge >= 0.3 is 0 Å². The van der Waals surface area contributed by atoms with E-state index < -0.39 is 0 Å². The Morgan fingerprint density at radius 3 is 2.44 bits per heavy atom. The number of carbonyl (C=O) groups excluding carboxylic acids is 1. The lowest BCUT2D eigenvalue weighted by molar-refractivity contribution is -0.129. The van der Waals surface area contributed by atoms with Gasteiger partial charge in [-0.2, -0.15) is 0 Å². The topological polar surface area (TPSA) is 65.0 Å². The van der Waals surface area contributed by atoms with Gasteiger partial charge in [-0.05, 0) is 36.4 Å². The minimum absolute atomic E-state index is 0.0799. The lowest BCUT2D eigenvalue weighted by atomic mass is 10.2. The Kier molecular flexibility index (Phi) is 5.28. The van der Waals surface area contributed by atoms with Gasteiger partial charge in [-0.25, -0.2) is 0 Å². The van der Waals surface area contributed by atoms with Crippen LogP contribution in [-0.2, 0) is 4.79 Å². The first-order valence-corrected chi connectivity index (χ1v) is 8.36. The van der Waals surface area contributed by atoms with E-state index in [1.165, 1.54) is 0 Å². The highest BCUT2D eigenvalue weighted by Crippen LogP contribution is 2.23. The van der Waals surface area contributed by atoms with E-state index in [0.29, 0.717) is 13.1 Å². The van der Waals surface area contributed by atoms with Gasteiger partial charge in [0.05, 0.1) is 19.3 Å². The fourth-order valence-corrected chi connectivity index (χ4v) is 2.95. The lowest BCUT2D eigenvalue weighted by Gasteiger charge is -2.36. The summed E-state index contributed by atoms with van der Waals surface area (Å²) in [5, 5.41) is 12.5. The van der Waals surface area contributed by atoms with E-state index in [9.17, 15) is 9.90 Å². The summed E-state index contributed by atoms with van der Waals surface area (Å²) in [5.74, 6) is 1.07. The summed E-state index contributed by atoms with van der Waals surface area (Å²) in [6, 6.07) is 14.7. The molecule has 1 amide bonds. The van der Waals surface area contributed by atoms with Crippen LogP contribution in [0.5, 0.6) is 11.5 Å². The standard InChI is InChI=1S/C19H23N3O3/c1-25-18-5-3-2-4-17(18)20-14-19(24)22-12-10-21(11-13-22)15-6-8-16(23)9-7-15/h2-9,20,23H,10-14H2,1H3. The number of anilines is 2. The van der Waals surface area contributed by atoms with Crippen LogP contribution in [0, 0.1) is 0 Å². The maximum atomic E-state index is 12.4. The summed E-state index contributed by atoms with van der Waals surface area (Å²) in [6.07, 6.45) is 0. The van der Waals surface area contributed by atoms with Crippen molar-refractivity contribution in [2.75, 3.05) is 50.1 Å². The molecule has 0 aliphatic carbocycles. The average molecular weight is 341 g/mol. The molecule has 132 valence electrons. The maximum absolute atomic E-state index is 12.4. The fraction of sp³-hybridized carbons (Fsp3) is 0.316. The number of methoxy groups -OCH3 is 1. The highest BCUT2D eigenvalue weighted by Gasteiger charge is 2.21. The van der Waals surface area contributed by atoms with Crippen LogP contribution in [0.25, 0.3) is 0 Å². The van der Waals surface area contributed by atoms with Crippen molar-refractivity contribution in [1.29, 1.82) is 0 Å². The van der Waals surface area contributed by atoms with Gasteiger partial charge in [0.25, 0.3) is 0 Å². The van der Waals surface area contributed by atoms with Crippen LogP contribution in [0.1, 0.15) is 0 Å². The normalized spacial score (nSPS) is 14.3. The lowest BCUT2D eigenvalue weighted by Crippen LogP contribution is -2.50. The largest absolute Gasteiger partial charge is 0.508 e. The zero-order valence-corrected chi connectivity index (χ0v) is 14.3. The zero-order valence-electron chi connectivity index (χ0n) is 14.3. The third-order valence-electron chi connectivity index (χ3n) is 4.38. The molecule has 0 unspecified atom stereocenters. The molecule has 6 nitrogen and oxygen atoms in total. The van der Waals surface area contributed by atoms with Gasteiger partial charge in [0.15, 0.2) is 0 Å². The van der Waals surface area contributed by atoms with Crippen LogP contribution in [-0.4, -0.2) is 55.7 Å². The molecule has 1 saturated heterocycles. The number of nitrogens with zero attached hydrogens (tertiary/aromatic N) is 2. The number of para-hydroxylation sites is 2. The van der Waals surface area contributed by atoms with Gasteiger partial charge in [-0.1, -0.05) is 12.1 Å². The van der Waals surface area contributed by atoms with Gasteiger partial charge < -0.3 is 25.0 Å². The highest BCUT2D eigenvalue weighted by atomic mass is 16.5. The first-order valence-electron chi connectivity index (χ1n) is 8.36. The number of piperazine rings is 1. The van der Waals surface area contributed by atoms with Crippen molar-refractivity contribution >= 4 is 17.3 Å². The molecule has 6 heteroatoms. The molecule has 0 spiro atoms. The van der Waals surface area contributed by atoms with E-state index in [0.717, 1.165) is 30.2 Å². The Morgan fingerprint density at radius 2 is 1.76 bits per heavy atom. The smallest absolute Gasteiger partial charge is 0.241 e. The molecule has 25 heavy (non-hydrogen) atoms. The Balaban J connectivity index is 1.50. The average Bonchev–Trinajstić information content (AvgIpc) is 2.67. The van der Waals surface area contributed by atoms with Gasteiger partial charge in [-0.3, -0.25) is 4.79 Å². The predicted molar refractivity (Wildman–Crippen MR) is 98.4 cm³/mol.